The third-order valence-electron chi connectivity index (χ3n) is 8.95. The summed E-state index contributed by atoms with van der Waals surface area (Å²) in [6, 6.07) is 25.4. The largest absolute Gasteiger partial charge is 0.411 e. The lowest BCUT2D eigenvalue weighted by molar-refractivity contribution is -0.288. The molecule has 10 heteroatoms. The number of nitrogens with zero attached hydrogens (tertiary/aromatic N) is 4. The summed E-state index contributed by atoms with van der Waals surface area (Å²) in [7, 11) is 0. The smallest absolute Gasteiger partial charge is 0.310 e. The van der Waals surface area contributed by atoms with E-state index in [1.807, 2.05) is 55.5 Å². The van der Waals surface area contributed by atoms with E-state index in [9.17, 15) is 0 Å². The van der Waals surface area contributed by atoms with E-state index in [0.29, 0.717) is 17.1 Å². The predicted molar refractivity (Wildman–Crippen MR) is 178 cm³/mol. The molecule has 48 heavy (non-hydrogen) atoms. The maximum Gasteiger partial charge on any atom is 0.411 e. The van der Waals surface area contributed by atoms with Gasteiger partial charge >= 0.3 is 12.4 Å². The Hall–Kier alpha value is -5.64. The van der Waals surface area contributed by atoms with Gasteiger partial charge in [0.2, 0.25) is 5.41 Å². The van der Waals surface area contributed by atoms with Crippen molar-refractivity contribution in [1.29, 1.82) is 0 Å². The molecule has 0 aliphatic carbocycles. The molecule has 4 aromatic carbocycles. The van der Waals surface area contributed by atoms with Crippen molar-refractivity contribution in [3.63, 3.8) is 0 Å². The zero-order valence-corrected chi connectivity index (χ0v) is 25.4. The Labute approximate surface area is 270 Å². The number of hydrogen-bond donors (Lipinski definition) is 0. The Bertz CT molecular complexity index is 2270. The van der Waals surface area contributed by atoms with Crippen LogP contribution in [-0.4, -0.2) is 33.2 Å². The Morgan fingerprint density at radius 2 is 1.12 bits per heavy atom. The van der Waals surface area contributed by atoms with Crippen molar-refractivity contribution in [2.75, 3.05) is 0 Å². The van der Waals surface area contributed by atoms with Crippen LogP contribution in [0.25, 0.3) is 50.2 Å². The van der Waals surface area contributed by atoms with Crippen LogP contribution in [0.4, 0.5) is 26.3 Å². The highest BCUT2D eigenvalue weighted by molar-refractivity contribution is 6.08. The lowest BCUT2D eigenvalue weighted by Crippen LogP contribution is -2.54. The van der Waals surface area contributed by atoms with E-state index < -0.39 is 28.9 Å². The van der Waals surface area contributed by atoms with Gasteiger partial charge in [0, 0.05) is 46.1 Å². The first kappa shape index (κ1) is 31.0. The van der Waals surface area contributed by atoms with Gasteiger partial charge in [-0.25, -0.2) is 0 Å². The number of aliphatic imine (C=N–C) groups is 1. The van der Waals surface area contributed by atoms with Gasteiger partial charge in [-0.3, -0.25) is 9.98 Å². The molecule has 0 saturated carbocycles. The fourth-order valence-corrected chi connectivity index (χ4v) is 6.82. The molecule has 240 valence electrons. The van der Waals surface area contributed by atoms with Crippen LogP contribution in [0.3, 0.4) is 0 Å². The third kappa shape index (κ3) is 4.54. The van der Waals surface area contributed by atoms with Crippen molar-refractivity contribution in [2.24, 2.45) is 4.99 Å². The zero-order valence-electron chi connectivity index (χ0n) is 25.4. The molecule has 0 N–H and O–H groups in total. The summed E-state index contributed by atoms with van der Waals surface area (Å²) in [6.07, 6.45) is -5.02. The summed E-state index contributed by atoms with van der Waals surface area (Å²) in [5, 5.41) is 2.54. The number of halogens is 6. The van der Waals surface area contributed by atoms with Crippen LogP contribution >= 0.6 is 0 Å². The molecular formula is C38H26F6N4. The van der Waals surface area contributed by atoms with Crippen LogP contribution in [-0.2, 0) is 5.41 Å². The van der Waals surface area contributed by atoms with E-state index in [4.69, 9.17) is 0 Å². The van der Waals surface area contributed by atoms with Gasteiger partial charge in [-0.2, -0.15) is 26.3 Å². The Balaban J connectivity index is 1.39. The lowest BCUT2D eigenvalue weighted by Gasteiger charge is -2.38. The Kier molecular flexibility index (Phi) is 7.27. The number of fused-ring (bicyclic) bond motifs is 4. The number of para-hydroxylation sites is 2. The predicted octanol–water partition coefficient (Wildman–Crippen LogP) is 10.5. The highest BCUT2D eigenvalue weighted by Crippen LogP contribution is 2.56. The van der Waals surface area contributed by atoms with E-state index >= 15 is 26.3 Å². The summed E-state index contributed by atoms with van der Waals surface area (Å²) < 4.78 is 94.2. The quantitative estimate of drug-likeness (QED) is 0.130. The summed E-state index contributed by atoms with van der Waals surface area (Å²) in [6.45, 7) is 5.34. The number of hydrogen-bond acceptors (Lipinski definition) is 2. The minimum atomic E-state index is -5.73. The van der Waals surface area contributed by atoms with Crippen LogP contribution in [0.2, 0.25) is 0 Å². The fraction of sp³-hybridized carbons (Fsp3) is 0.105. The molecule has 4 nitrogen and oxygen atoms in total. The summed E-state index contributed by atoms with van der Waals surface area (Å²) in [5.41, 5.74) is -1.64. The highest BCUT2D eigenvalue weighted by atomic mass is 19.4. The number of alkyl halides is 6. The summed E-state index contributed by atoms with van der Waals surface area (Å²) in [4.78, 5) is 7.95. The lowest BCUT2D eigenvalue weighted by atomic mass is 9.73. The first-order valence-electron chi connectivity index (χ1n) is 14.9. The van der Waals surface area contributed by atoms with E-state index in [2.05, 4.69) is 16.7 Å². The van der Waals surface area contributed by atoms with Gasteiger partial charge in [-0.05, 0) is 78.9 Å². The molecule has 3 aromatic heterocycles. The van der Waals surface area contributed by atoms with Crippen molar-refractivity contribution >= 4 is 45.5 Å². The van der Waals surface area contributed by atoms with Gasteiger partial charge < -0.3 is 9.13 Å². The fourth-order valence-electron chi connectivity index (χ4n) is 6.82. The van der Waals surface area contributed by atoms with Gasteiger partial charge in [-0.1, -0.05) is 60.7 Å². The second kappa shape index (κ2) is 11.3. The van der Waals surface area contributed by atoms with Gasteiger partial charge in [0.05, 0.1) is 22.2 Å². The first-order valence-corrected chi connectivity index (χ1v) is 14.9. The standard InChI is InChI=1S/C38H26F6N4/c1-24-29-7-3-5-9-33(29)47(32(24)19-21-45-2)27-15-11-25(12-16-27)36(37(39,40)41,38(42,43)44)26-13-17-28(18-14-26)48-34-10-6-4-8-30(34)31-23-46-22-20-35(31)48/h3-23H,2H2,1H3/b21-19-. The molecule has 0 amide bonds. The van der Waals surface area contributed by atoms with E-state index in [1.165, 1.54) is 30.5 Å². The number of benzene rings is 4. The van der Waals surface area contributed by atoms with Gasteiger partial charge in [0.15, 0.2) is 0 Å². The second-order valence-corrected chi connectivity index (χ2v) is 11.4. The zero-order chi connectivity index (χ0) is 33.8. The molecule has 0 fully saturated rings. The number of rotatable bonds is 6. The van der Waals surface area contributed by atoms with Crippen molar-refractivity contribution in [2.45, 2.75) is 24.7 Å². The van der Waals surface area contributed by atoms with E-state index in [1.54, 1.807) is 33.7 Å². The minimum absolute atomic E-state index is 0.390. The number of aromatic nitrogens is 3. The molecule has 7 rings (SSSR count). The molecular weight excluding hydrogens is 626 g/mol. The maximum absolute atomic E-state index is 15.1. The average molecular weight is 653 g/mol. The van der Waals surface area contributed by atoms with Crippen molar-refractivity contribution < 1.29 is 26.3 Å². The molecule has 0 radical (unpaired) electrons. The average Bonchev–Trinajstić information content (AvgIpc) is 3.55. The molecule has 0 bridgehead atoms. The van der Waals surface area contributed by atoms with E-state index in [-0.39, 0.29) is 0 Å². The molecule has 0 aliphatic rings. The van der Waals surface area contributed by atoms with Crippen molar-refractivity contribution in [3.8, 4) is 11.4 Å². The highest BCUT2D eigenvalue weighted by Gasteiger charge is 2.72. The van der Waals surface area contributed by atoms with Crippen LogP contribution in [0.15, 0.2) is 127 Å². The second-order valence-electron chi connectivity index (χ2n) is 11.4. The van der Waals surface area contributed by atoms with Crippen LogP contribution < -0.4 is 0 Å². The summed E-state index contributed by atoms with van der Waals surface area (Å²) >= 11 is 0. The number of pyridine rings is 1. The molecule has 0 spiro atoms. The van der Waals surface area contributed by atoms with Crippen molar-refractivity contribution in [1.82, 2.24) is 14.1 Å². The molecule has 0 atom stereocenters. The van der Waals surface area contributed by atoms with Crippen LogP contribution in [0, 0.1) is 6.92 Å². The Morgan fingerprint density at radius 3 is 1.69 bits per heavy atom. The SMILES string of the molecule is C=N/C=C\c1c(C)c2ccccc2n1-c1ccc(C(c2ccc(-n3c4ccccc4c4cnccc43)cc2)(C(F)(F)F)C(F)(F)F)cc1. The minimum Gasteiger partial charge on any atom is -0.310 e. The third-order valence-corrected chi connectivity index (χ3v) is 8.95. The molecule has 0 unspecified atom stereocenters. The molecule has 3 heterocycles. The summed E-state index contributed by atoms with van der Waals surface area (Å²) in [5.74, 6) is 0. The van der Waals surface area contributed by atoms with Crippen molar-refractivity contribution in [3.05, 3.63) is 144 Å². The first-order chi connectivity index (χ1) is 23.0. The number of aryl methyl sites for hydroxylation is 1. The van der Waals surface area contributed by atoms with Gasteiger partial charge in [-0.15, -0.1) is 0 Å². The Morgan fingerprint density at radius 1 is 0.625 bits per heavy atom. The molecule has 0 saturated heterocycles. The van der Waals surface area contributed by atoms with E-state index in [0.717, 1.165) is 62.5 Å². The normalized spacial score (nSPS) is 12.9. The van der Waals surface area contributed by atoms with Crippen LogP contribution in [0.1, 0.15) is 22.4 Å². The van der Waals surface area contributed by atoms with Gasteiger partial charge in [0.1, 0.15) is 0 Å². The molecule has 7 aromatic rings. The topological polar surface area (TPSA) is 35.1 Å². The molecule has 0 aliphatic heterocycles. The van der Waals surface area contributed by atoms with Crippen LogP contribution in [0.5, 0.6) is 0 Å². The monoisotopic (exact) mass is 652 g/mol. The van der Waals surface area contributed by atoms with Gasteiger partial charge in [0.25, 0.3) is 0 Å². The maximum atomic E-state index is 15.1.